The van der Waals surface area contributed by atoms with Crippen molar-refractivity contribution in [3.8, 4) is 23.0 Å². The standard InChI is InChI=1S/C22H21NO4/c1-16(26-19-14-12-17(25-2)13-15-19)22(24)23-20-10-6-7-11-21(20)27-18-8-4-3-5-9-18/h3-16H,1-2H3,(H,23,24)/t16-/m0/s1. The first kappa shape index (κ1) is 18.3. The number of rotatable bonds is 7. The number of anilines is 1. The highest BCUT2D eigenvalue weighted by Gasteiger charge is 2.17. The van der Waals surface area contributed by atoms with Crippen LogP contribution in [0.1, 0.15) is 6.92 Å². The van der Waals surface area contributed by atoms with Gasteiger partial charge in [0.1, 0.15) is 17.2 Å². The van der Waals surface area contributed by atoms with Gasteiger partial charge < -0.3 is 19.5 Å². The summed E-state index contributed by atoms with van der Waals surface area (Å²) in [6, 6.07) is 23.8. The SMILES string of the molecule is COc1ccc(O[C@@H](C)C(=O)Nc2ccccc2Oc2ccccc2)cc1. The Bertz CT molecular complexity index is 878. The van der Waals surface area contributed by atoms with Crippen LogP contribution in [0.25, 0.3) is 0 Å². The van der Waals surface area contributed by atoms with Crippen molar-refractivity contribution in [2.45, 2.75) is 13.0 Å². The second kappa shape index (κ2) is 8.76. The zero-order valence-electron chi connectivity index (χ0n) is 15.2. The maximum absolute atomic E-state index is 12.5. The predicted octanol–water partition coefficient (Wildman–Crippen LogP) is 4.89. The normalized spacial score (nSPS) is 11.3. The van der Waals surface area contributed by atoms with Crippen molar-refractivity contribution < 1.29 is 19.0 Å². The lowest BCUT2D eigenvalue weighted by Crippen LogP contribution is -2.30. The Balaban J connectivity index is 1.66. The molecule has 0 bridgehead atoms. The molecule has 1 atom stereocenters. The quantitative estimate of drug-likeness (QED) is 0.649. The van der Waals surface area contributed by atoms with Crippen LogP contribution in [0.15, 0.2) is 78.9 Å². The number of hydrogen-bond donors (Lipinski definition) is 1. The fourth-order valence-corrected chi connectivity index (χ4v) is 2.42. The molecule has 0 saturated carbocycles. The van der Waals surface area contributed by atoms with Crippen LogP contribution in [0.5, 0.6) is 23.0 Å². The van der Waals surface area contributed by atoms with Crippen molar-refractivity contribution in [1.82, 2.24) is 0 Å². The minimum atomic E-state index is -0.678. The van der Waals surface area contributed by atoms with Gasteiger partial charge in [-0.2, -0.15) is 0 Å². The van der Waals surface area contributed by atoms with Gasteiger partial charge in [0.05, 0.1) is 12.8 Å². The number of hydrogen-bond acceptors (Lipinski definition) is 4. The molecule has 0 aliphatic carbocycles. The summed E-state index contributed by atoms with van der Waals surface area (Å²) in [5.74, 6) is 2.31. The van der Waals surface area contributed by atoms with E-state index in [2.05, 4.69) is 5.32 Å². The summed E-state index contributed by atoms with van der Waals surface area (Å²) in [6.07, 6.45) is -0.678. The zero-order valence-corrected chi connectivity index (χ0v) is 15.2. The van der Waals surface area contributed by atoms with Gasteiger partial charge in [0.2, 0.25) is 0 Å². The molecular weight excluding hydrogens is 342 g/mol. The molecule has 1 amide bonds. The minimum absolute atomic E-state index is 0.269. The Hall–Kier alpha value is -3.47. The highest BCUT2D eigenvalue weighted by molar-refractivity contribution is 5.95. The summed E-state index contributed by atoms with van der Waals surface area (Å²) in [5.41, 5.74) is 0.580. The molecule has 3 rings (SSSR count). The molecule has 138 valence electrons. The topological polar surface area (TPSA) is 56.8 Å². The van der Waals surface area contributed by atoms with Gasteiger partial charge in [-0.15, -0.1) is 0 Å². The number of methoxy groups -OCH3 is 1. The molecule has 5 nitrogen and oxygen atoms in total. The van der Waals surface area contributed by atoms with Crippen LogP contribution in [0, 0.1) is 0 Å². The van der Waals surface area contributed by atoms with Crippen LogP contribution in [0.2, 0.25) is 0 Å². The minimum Gasteiger partial charge on any atom is -0.497 e. The van der Waals surface area contributed by atoms with E-state index in [1.807, 2.05) is 42.5 Å². The van der Waals surface area contributed by atoms with Crippen LogP contribution in [0.4, 0.5) is 5.69 Å². The van der Waals surface area contributed by atoms with E-state index in [9.17, 15) is 4.79 Å². The van der Waals surface area contributed by atoms with Gasteiger partial charge in [0, 0.05) is 0 Å². The smallest absolute Gasteiger partial charge is 0.265 e. The molecule has 0 saturated heterocycles. The fraction of sp³-hybridized carbons (Fsp3) is 0.136. The first-order valence-corrected chi connectivity index (χ1v) is 8.59. The summed E-state index contributed by atoms with van der Waals surface area (Å²) < 4.78 is 16.7. The molecule has 0 unspecified atom stereocenters. The average Bonchev–Trinajstić information content (AvgIpc) is 2.71. The van der Waals surface area contributed by atoms with Gasteiger partial charge in [-0.3, -0.25) is 4.79 Å². The molecule has 3 aromatic carbocycles. The molecule has 0 spiro atoms. The molecule has 0 heterocycles. The van der Waals surface area contributed by atoms with E-state index in [0.717, 1.165) is 5.75 Å². The Morgan fingerprint density at radius 2 is 1.44 bits per heavy atom. The first-order valence-electron chi connectivity index (χ1n) is 8.59. The first-order chi connectivity index (χ1) is 13.2. The molecule has 5 heteroatoms. The van der Waals surface area contributed by atoms with Crippen LogP contribution in [-0.2, 0) is 4.79 Å². The van der Waals surface area contributed by atoms with E-state index in [-0.39, 0.29) is 5.91 Å². The Kier molecular flexibility index (Phi) is 5.94. The average molecular weight is 363 g/mol. The van der Waals surface area contributed by atoms with Crippen molar-refractivity contribution in [3.05, 3.63) is 78.9 Å². The third-order valence-corrected chi connectivity index (χ3v) is 3.86. The van der Waals surface area contributed by atoms with Gasteiger partial charge in [-0.05, 0) is 55.5 Å². The Labute approximate surface area is 158 Å². The van der Waals surface area contributed by atoms with E-state index in [1.165, 1.54) is 0 Å². The molecule has 27 heavy (non-hydrogen) atoms. The van der Waals surface area contributed by atoms with Crippen molar-refractivity contribution in [1.29, 1.82) is 0 Å². The number of carbonyl (C=O) groups excluding carboxylic acids is 1. The largest absolute Gasteiger partial charge is 0.497 e. The Morgan fingerprint density at radius 3 is 2.15 bits per heavy atom. The number of nitrogens with one attached hydrogen (secondary N) is 1. The third kappa shape index (κ3) is 5.01. The van der Waals surface area contributed by atoms with Gasteiger partial charge in [-0.25, -0.2) is 0 Å². The molecule has 1 N–H and O–H groups in total. The molecule has 3 aromatic rings. The van der Waals surface area contributed by atoms with Gasteiger partial charge >= 0.3 is 0 Å². The number of ether oxygens (including phenoxy) is 3. The van der Waals surface area contributed by atoms with Gasteiger partial charge in [0.15, 0.2) is 11.9 Å². The Morgan fingerprint density at radius 1 is 0.815 bits per heavy atom. The molecule has 0 radical (unpaired) electrons. The van der Waals surface area contributed by atoms with E-state index >= 15 is 0 Å². The number of benzene rings is 3. The van der Waals surface area contributed by atoms with Crippen molar-refractivity contribution in [2.75, 3.05) is 12.4 Å². The highest BCUT2D eigenvalue weighted by Crippen LogP contribution is 2.29. The van der Waals surface area contributed by atoms with Crippen molar-refractivity contribution in [3.63, 3.8) is 0 Å². The number of carbonyl (C=O) groups is 1. The van der Waals surface area contributed by atoms with E-state index in [4.69, 9.17) is 14.2 Å². The maximum Gasteiger partial charge on any atom is 0.265 e. The number of para-hydroxylation sites is 3. The van der Waals surface area contributed by atoms with Crippen LogP contribution in [0.3, 0.4) is 0 Å². The van der Waals surface area contributed by atoms with Crippen LogP contribution >= 0.6 is 0 Å². The van der Waals surface area contributed by atoms with Crippen LogP contribution in [-0.4, -0.2) is 19.1 Å². The molecule has 0 aromatic heterocycles. The molecule has 0 fully saturated rings. The monoisotopic (exact) mass is 363 g/mol. The van der Waals surface area contributed by atoms with E-state index < -0.39 is 6.10 Å². The lowest BCUT2D eigenvalue weighted by atomic mass is 10.2. The lowest BCUT2D eigenvalue weighted by Gasteiger charge is -2.17. The van der Waals surface area contributed by atoms with Crippen LogP contribution < -0.4 is 19.5 Å². The summed E-state index contributed by atoms with van der Waals surface area (Å²) in [7, 11) is 1.60. The lowest BCUT2D eigenvalue weighted by molar-refractivity contribution is -0.122. The second-order valence-electron chi connectivity index (χ2n) is 5.84. The summed E-state index contributed by atoms with van der Waals surface area (Å²) >= 11 is 0. The van der Waals surface area contributed by atoms with Gasteiger partial charge in [-0.1, -0.05) is 30.3 Å². The molecule has 0 aliphatic heterocycles. The second-order valence-corrected chi connectivity index (χ2v) is 5.84. The summed E-state index contributed by atoms with van der Waals surface area (Å²) in [6.45, 7) is 1.69. The number of amides is 1. The van der Waals surface area contributed by atoms with E-state index in [1.54, 1.807) is 50.4 Å². The maximum atomic E-state index is 12.5. The summed E-state index contributed by atoms with van der Waals surface area (Å²) in [4.78, 5) is 12.5. The summed E-state index contributed by atoms with van der Waals surface area (Å²) in [5, 5.41) is 2.86. The highest BCUT2D eigenvalue weighted by atomic mass is 16.5. The van der Waals surface area contributed by atoms with Crippen molar-refractivity contribution in [2.24, 2.45) is 0 Å². The molecule has 0 aliphatic rings. The van der Waals surface area contributed by atoms with E-state index in [0.29, 0.717) is 22.9 Å². The third-order valence-electron chi connectivity index (χ3n) is 3.86. The van der Waals surface area contributed by atoms with Gasteiger partial charge in [0.25, 0.3) is 5.91 Å². The fourth-order valence-electron chi connectivity index (χ4n) is 2.42. The van der Waals surface area contributed by atoms with Crippen molar-refractivity contribution >= 4 is 11.6 Å². The predicted molar refractivity (Wildman–Crippen MR) is 105 cm³/mol. The zero-order chi connectivity index (χ0) is 19.1. The molecular formula is C22H21NO4.